The normalized spacial score (nSPS) is 11.2. The molecular formula is C19H21N5O2S. The Morgan fingerprint density at radius 1 is 1.04 bits per heavy atom. The smallest absolute Gasteiger partial charge is 0.232 e. The number of hydrogen-bond donors (Lipinski definition) is 2. The number of nitrogens with one attached hydrogen (secondary N) is 2. The van der Waals surface area contributed by atoms with Crippen LogP contribution in [0.5, 0.6) is 0 Å². The molecule has 0 atom stereocenters. The van der Waals surface area contributed by atoms with Gasteiger partial charge in [-0.2, -0.15) is 0 Å². The van der Waals surface area contributed by atoms with Gasteiger partial charge >= 0.3 is 0 Å². The molecule has 0 spiro atoms. The fourth-order valence-electron chi connectivity index (χ4n) is 2.53. The van der Waals surface area contributed by atoms with Crippen LogP contribution in [0.1, 0.15) is 19.0 Å². The second kappa shape index (κ2) is 8.13. The Kier molecular flexibility index (Phi) is 5.66. The minimum Gasteiger partial charge on any atom is -0.340 e. The summed E-state index contributed by atoms with van der Waals surface area (Å²) < 4.78 is 26.2. The Hall–Kier alpha value is -3.00. The van der Waals surface area contributed by atoms with Gasteiger partial charge in [0.1, 0.15) is 5.82 Å². The molecule has 8 heteroatoms. The topological polar surface area (TPSA) is 96.9 Å². The van der Waals surface area contributed by atoms with Crippen molar-refractivity contribution in [1.82, 2.24) is 15.0 Å². The van der Waals surface area contributed by atoms with Gasteiger partial charge in [-0.1, -0.05) is 6.92 Å². The summed E-state index contributed by atoms with van der Waals surface area (Å²) in [6.07, 6.45) is 3.99. The van der Waals surface area contributed by atoms with Crippen LogP contribution in [0.15, 0.2) is 54.9 Å². The Bertz CT molecular complexity index is 1010. The van der Waals surface area contributed by atoms with E-state index >= 15 is 0 Å². The van der Waals surface area contributed by atoms with Gasteiger partial charge in [0.15, 0.2) is 5.82 Å². The van der Waals surface area contributed by atoms with Gasteiger partial charge in [-0.3, -0.25) is 9.71 Å². The lowest BCUT2D eigenvalue weighted by molar-refractivity contribution is 0.600. The van der Waals surface area contributed by atoms with Crippen molar-refractivity contribution < 1.29 is 8.42 Å². The van der Waals surface area contributed by atoms with Crippen molar-refractivity contribution in [1.29, 1.82) is 0 Å². The number of hydrogen-bond acceptors (Lipinski definition) is 6. The van der Waals surface area contributed by atoms with E-state index in [2.05, 4.69) is 25.0 Å². The summed E-state index contributed by atoms with van der Waals surface area (Å²) in [6.45, 7) is 3.73. The minimum absolute atomic E-state index is 0.102. The van der Waals surface area contributed by atoms with Crippen molar-refractivity contribution >= 4 is 27.2 Å². The van der Waals surface area contributed by atoms with Gasteiger partial charge in [0, 0.05) is 41.1 Å². The summed E-state index contributed by atoms with van der Waals surface area (Å²) >= 11 is 0. The molecule has 0 aliphatic carbocycles. The largest absolute Gasteiger partial charge is 0.340 e. The first-order chi connectivity index (χ1) is 12.9. The number of rotatable bonds is 7. The van der Waals surface area contributed by atoms with E-state index in [0.29, 0.717) is 23.8 Å². The molecule has 0 fully saturated rings. The summed E-state index contributed by atoms with van der Waals surface area (Å²) in [5.41, 5.74) is 2.99. The highest BCUT2D eigenvalue weighted by Gasteiger charge is 2.09. The number of benzene rings is 1. The third-order valence-electron chi connectivity index (χ3n) is 3.68. The molecule has 0 saturated heterocycles. The van der Waals surface area contributed by atoms with Gasteiger partial charge < -0.3 is 5.32 Å². The van der Waals surface area contributed by atoms with Crippen LogP contribution in [0.3, 0.4) is 0 Å². The van der Waals surface area contributed by atoms with E-state index in [1.165, 1.54) is 0 Å². The molecule has 2 heterocycles. The molecule has 0 amide bonds. The van der Waals surface area contributed by atoms with E-state index in [0.717, 1.165) is 16.9 Å². The lowest BCUT2D eigenvalue weighted by Crippen LogP contribution is -2.15. The van der Waals surface area contributed by atoms with E-state index in [4.69, 9.17) is 0 Å². The number of nitrogens with zero attached hydrogens (tertiary/aromatic N) is 3. The molecule has 3 aromatic rings. The highest BCUT2D eigenvalue weighted by Crippen LogP contribution is 2.21. The minimum atomic E-state index is -3.30. The molecule has 140 valence electrons. The number of aryl methyl sites for hydroxylation is 1. The first-order valence-electron chi connectivity index (χ1n) is 8.59. The number of pyridine rings is 1. The second-order valence-electron chi connectivity index (χ2n) is 6.08. The maximum absolute atomic E-state index is 11.8. The van der Waals surface area contributed by atoms with E-state index < -0.39 is 10.0 Å². The zero-order chi connectivity index (χ0) is 19.3. The molecule has 27 heavy (non-hydrogen) atoms. The van der Waals surface area contributed by atoms with Gasteiger partial charge in [0.25, 0.3) is 0 Å². The lowest BCUT2D eigenvalue weighted by atomic mass is 10.2. The van der Waals surface area contributed by atoms with E-state index in [-0.39, 0.29) is 5.75 Å². The van der Waals surface area contributed by atoms with Crippen LogP contribution in [0, 0.1) is 6.92 Å². The van der Waals surface area contributed by atoms with Crippen LogP contribution >= 0.6 is 0 Å². The molecule has 7 nitrogen and oxygen atoms in total. The molecule has 0 saturated carbocycles. The standard InChI is InChI=1S/C19H21N5O2S/c1-3-11-27(25,26)24-17-8-6-16(7-9-17)22-18-12-14(2)21-19(23-18)15-5-4-10-20-13-15/h4-10,12-13,24H,3,11H2,1-2H3,(H,21,22,23). The van der Waals surface area contributed by atoms with Crippen molar-refractivity contribution in [3.8, 4) is 11.4 Å². The molecule has 0 unspecified atom stereocenters. The number of aromatic nitrogens is 3. The zero-order valence-corrected chi connectivity index (χ0v) is 16.0. The predicted octanol–water partition coefficient (Wildman–Crippen LogP) is 3.74. The molecule has 2 N–H and O–H groups in total. The maximum atomic E-state index is 11.8. The van der Waals surface area contributed by atoms with Gasteiger partial charge in [-0.05, 0) is 49.7 Å². The third-order valence-corrected chi connectivity index (χ3v) is 5.17. The summed E-state index contributed by atoms with van der Waals surface area (Å²) in [6, 6.07) is 12.6. The molecule has 0 radical (unpaired) electrons. The first-order valence-corrected chi connectivity index (χ1v) is 10.2. The van der Waals surface area contributed by atoms with Crippen LogP contribution in [0.4, 0.5) is 17.2 Å². The average Bonchev–Trinajstić information content (AvgIpc) is 2.63. The monoisotopic (exact) mass is 383 g/mol. The summed E-state index contributed by atoms with van der Waals surface area (Å²) in [5, 5.41) is 3.22. The van der Waals surface area contributed by atoms with E-state index in [1.807, 2.05) is 32.0 Å². The van der Waals surface area contributed by atoms with Gasteiger partial charge in [0.2, 0.25) is 10.0 Å². The number of anilines is 3. The highest BCUT2D eigenvalue weighted by molar-refractivity contribution is 7.92. The van der Waals surface area contributed by atoms with Crippen molar-refractivity contribution in [2.24, 2.45) is 0 Å². The predicted molar refractivity (Wildman–Crippen MR) is 107 cm³/mol. The summed E-state index contributed by atoms with van der Waals surface area (Å²) in [5.74, 6) is 1.35. The quantitative estimate of drug-likeness (QED) is 0.645. The Labute approximate surface area is 159 Å². The van der Waals surface area contributed by atoms with Crippen LogP contribution in [0.2, 0.25) is 0 Å². The van der Waals surface area contributed by atoms with Crippen molar-refractivity contribution in [2.75, 3.05) is 15.8 Å². The van der Waals surface area contributed by atoms with E-state index in [1.54, 1.807) is 36.7 Å². The van der Waals surface area contributed by atoms with Crippen LogP contribution < -0.4 is 10.0 Å². The molecule has 0 aliphatic heterocycles. The van der Waals surface area contributed by atoms with Crippen LogP contribution in [-0.4, -0.2) is 29.1 Å². The average molecular weight is 383 g/mol. The second-order valence-corrected chi connectivity index (χ2v) is 7.93. The SMILES string of the molecule is CCCS(=O)(=O)Nc1ccc(Nc2cc(C)nc(-c3cccnc3)n2)cc1. The summed E-state index contributed by atoms with van der Waals surface area (Å²) in [4.78, 5) is 13.1. The zero-order valence-electron chi connectivity index (χ0n) is 15.2. The molecule has 2 aromatic heterocycles. The Balaban J connectivity index is 1.77. The fourth-order valence-corrected chi connectivity index (χ4v) is 3.66. The Morgan fingerprint density at radius 2 is 1.78 bits per heavy atom. The lowest BCUT2D eigenvalue weighted by Gasteiger charge is -2.10. The van der Waals surface area contributed by atoms with E-state index in [9.17, 15) is 8.42 Å². The van der Waals surface area contributed by atoms with Crippen LogP contribution in [-0.2, 0) is 10.0 Å². The van der Waals surface area contributed by atoms with Crippen LogP contribution in [0.25, 0.3) is 11.4 Å². The van der Waals surface area contributed by atoms with Gasteiger partial charge in [-0.15, -0.1) is 0 Å². The Morgan fingerprint density at radius 3 is 2.44 bits per heavy atom. The van der Waals surface area contributed by atoms with Crippen molar-refractivity contribution in [2.45, 2.75) is 20.3 Å². The van der Waals surface area contributed by atoms with Gasteiger partial charge in [0.05, 0.1) is 5.75 Å². The summed E-state index contributed by atoms with van der Waals surface area (Å²) in [7, 11) is -3.30. The highest BCUT2D eigenvalue weighted by atomic mass is 32.2. The third kappa shape index (κ3) is 5.24. The first kappa shape index (κ1) is 18.8. The molecule has 1 aromatic carbocycles. The van der Waals surface area contributed by atoms with Gasteiger partial charge in [-0.25, -0.2) is 18.4 Å². The maximum Gasteiger partial charge on any atom is 0.232 e. The molecular weight excluding hydrogens is 362 g/mol. The molecule has 3 rings (SSSR count). The molecule has 0 aliphatic rings. The molecule has 0 bridgehead atoms. The van der Waals surface area contributed by atoms with Crippen molar-refractivity contribution in [3.63, 3.8) is 0 Å². The number of sulfonamides is 1. The fraction of sp³-hybridized carbons (Fsp3) is 0.211. The van der Waals surface area contributed by atoms with Crippen molar-refractivity contribution in [3.05, 3.63) is 60.6 Å².